The minimum absolute atomic E-state index is 0.0223. The summed E-state index contributed by atoms with van der Waals surface area (Å²) in [6.45, 7) is -0.0267. The van der Waals surface area contributed by atoms with Gasteiger partial charge in [-0.05, 0) is 29.8 Å². The number of hydrogen-bond donors (Lipinski definition) is 3. The lowest BCUT2D eigenvalue weighted by Crippen LogP contribution is -2.24. The maximum Gasteiger partial charge on any atom is 0.274 e. The van der Waals surface area contributed by atoms with E-state index >= 15 is 0 Å². The van der Waals surface area contributed by atoms with Gasteiger partial charge >= 0.3 is 0 Å². The van der Waals surface area contributed by atoms with Crippen molar-refractivity contribution in [3.63, 3.8) is 0 Å². The zero-order chi connectivity index (χ0) is 18.7. The summed E-state index contributed by atoms with van der Waals surface area (Å²) < 4.78 is 13.1. The van der Waals surface area contributed by atoms with E-state index in [-0.39, 0.29) is 17.4 Å². The second-order valence-electron chi connectivity index (χ2n) is 5.20. The summed E-state index contributed by atoms with van der Waals surface area (Å²) in [7, 11) is 0. The Morgan fingerprint density at radius 1 is 1.19 bits per heavy atom. The van der Waals surface area contributed by atoms with E-state index in [2.05, 4.69) is 20.3 Å². The Labute approximate surface area is 152 Å². The molecule has 0 aliphatic carbocycles. The first-order valence-electron chi connectivity index (χ1n) is 7.39. The Balaban J connectivity index is 1.85. The Kier molecular flexibility index (Phi) is 4.94. The summed E-state index contributed by atoms with van der Waals surface area (Å²) >= 11 is 5.91. The van der Waals surface area contributed by atoms with Crippen molar-refractivity contribution in [2.45, 2.75) is 6.54 Å². The van der Waals surface area contributed by atoms with E-state index in [1.54, 1.807) is 18.2 Å². The molecule has 0 saturated carbocycles. The fraction of sp³-hybridized carbons (Fsp3) is 0.0588. The van der Waals surface area contributed by atoms with Crippen LogP contribution in [-0.4, -0.2) is 31.1 Å². The molecule has 0 radical (unpaired) electrons. The van der Waals surface area contributed by atoms with Gasteiger partial charge in [0.25, 0.3) is 11.8 Å². The number of pyridine rings is 1. The third kappa shape index (κ3) is 3.70. The minimum atomic E-state index is -0.766. The van der Waals surface area contributed by atoms with E-state index in [0.29, 0.717) is 11.3 Å². The molecule has 2 aromatic heterocycles. The summed E-state index contributed by atoms with van der Waals surface area (Å²) in [4.78, 5) is 24.1. The van der Waals surface area contributed by atoms with Crippen molar-refractivity contribution in [1.29, 1.82) is 0 Å². The largest absolute Gasteiger partial charge is 0.501 e. The van der Waals surface area contributed by atoms with Gasteiger partial charge in [-0.1, -0.05) is 23.7 Å². The molecule has 0 aliphatic heterocycles. The Hall–Kier alpha value is -3.26. The number of amides is 1. The Morgan fingerprint density at radius 2 is 2.00 bits per heavy atom. The van der Waals surface area contributed by atoms with Gasteiger partial charge in [0.2, 0.25) is 5.75 Å². The first-order valence-corrected chi connectivity index (χ1v) is 7.77. The quantitative estimate of drug-likeness (QED) is 0.648. The normalized spacial score (nSPS) is 10.5. The summed E-state index contributed by atoms with van der Waals surface area (Å²) in [6.07, 6.45) is 1.50. The number of aromatic nitrogens is 3. The molecule has 0 spiro atoms. The molecule has 26 heavy (non-hydrogen) atoms. The number of halogens is 2. The van der Waals surface area contributed by atoms with Gasteiger partial charge in [0.1, 0.15) is 11.5 Å². The van der Waals surface area contributed by atoms with E-state index in [4.69, 9.17) is 11.6 Å². The average molecular weight is 375 g/mol. The van der Waals surface area contributed by atoms with Crippen molar-refractivity contribution in [2.75, 3.05) is 0 Å². The van der Waals surface area contributed by atoms with Crippen LogP contribution in [0.15, 0.2) is 42.6 Å². The van der Waals surface area contributed by atoms with Crippen molar-refractivity contribution in [1.82, 2.24) is 20.3 Å². The van der Waals surface area contributed by atoms with Crippen LogP contribution >= 0.6 is 11.6 Å². The molecule has 0 unspecified atom stereocenters. The smallest absolute Gasteiger partial charge is 0.274 e. The van der Waals surface area contributed by atoms with Gasteiger partial charge in [-0.15, -0.1) is 0 Å². The van der Waals surface area contributed by atoms with Crippen LogP contribution in [-0.2, 0) is 6.54 Å². The fourth-order valence-electron chi connectivity index (χ4n) is 2.14. The molecule has 0 atom stereocenters. The molecule has 0 bridgehead atoms. The number of carbonyl (C=O) groups excluding carboxylic acids is 1. The highest BCUT2D eigenvalue weighted by Crippen LogP contribution is 2.28. The van der Waals surface area contributed by atoms with Gasteiger partial charge in [0.05, 0.1) is 0 Å². The predicted octanol–water partition coefficient (Wildman–Crippen LogP) is 2.67. The van der Waals surface area contributed by atoms with Crippen LogP contribution in [0.4, 0.5) is 4.39 Å². The summed E-state index contributed by atoms with van der Waals surface area (Å²) in [5, 5.41) is 22.3. The highest BCUT2D eigenvalue weighted by atomic mass is 35.5. The topological polar surface area (TPSA) is 108 Å². The minimum Gasteiger partial charge on any atom is -0.501 e. The zero-order valence-corrected chi connectivity index (χ0v) is 13.9. The lowest BCUT2D eigenvalue weighted by molar-refractivity contribution is 0.0942. The van der Waals surface area contributed by atoms with Crippen molar-refractivity contribution in [3.8, 4) is 23.1 Å². The number of nitrogens with one attached hydrogen (secondary N) is 1. The lowest BCUT2D eigenvalue weighted by Gasteiger charge is -2.09. The monoisotopic (exact) mass is 374 g/mol. The van der Waals surface area contributed by atoms with Crippen LogP contribution < -0.4 is 5.32 Å². The molecule has 3 N–H and O–H groups in total. The first-order chi connectivity index (χ1) is 12.5. The van der Waals surface area contributed by atoms with E-state index in [1.807, 2.05) is 0 Å². The van der Waals surface area contributed by atoms with E-state index in [9.17, 15) is 19.4 Å². The Morgan fingerprint density at radius 3 is 2.69 bits per heavy atom. The first kappa shape index (κ1) is 17.6. The number of benzene rings is 1. The fourth-order valence-corrected chi connectivity index (χ4v) is 2.37. The molecule has 9 heteroatoms. The molecule has 3 aromatic rings. The molecule has 0 aliphatic rings. The van der Waals surface area contributed by atoms with Gasteiger partial charge in [-0.3, -0.25) is 9.78 Å². The molecule has 132 valence electrons. The molecule has 3 rings (SSSR count). The second-order valence-corrected chi connectivity index (χ2v) is 5.61. The van der Waals surface area contributed by atoms with Crippen LogP contribution in [0.1, 0.15) is 16.1 Å². The van der Waals surface area contributed by atoms with Crippen LogP contribution in [0.2, 0.25) is 5.02 Å². The summed E-state index contributed by atoms with van der Waals surface area (Å²) in [6, 6.07) is 8.72. The number of aromatic hydroxyl groups is 2. The third-order valence-corrected chi connectivity index (χ3v) is 3.78. The number of rotatable bonds is 4. The molecule has 0 fully saturated rings. The molecular weight excluding hydrogens is 363 g/mol. The third-order valence-electron chi connectivity index (χ3n) is 3.43. The highest BCUT2D eigenvalue weighted by Gasteiger charge is 2.20. The van der Waals surface area contributed by atoms with E-state index < -0.39 is 29.0 Å². The standard InChI is InChI=1S/C17H12ClFN4O3/c18-11-7-10(19)5-4-9(11)8-21-16(25)13-14(24)17(26)23-15(22-13)12-3-1-2-6-20-12/h1-7,24H,8H2,(H,21,25)(H,22,23,26). The van der Waals surface area contributed by atoms with Gasteiger partial charge in [0, 0.05) is 17.8 Å². The molecule has 1 aromatic carbocycles. The molecule has 7 nitrogen and oxygen atoms in total. The molecule has 0 saturated heterocycles. The maximum atomic E-state index is 13.1. The molecule has 2 heterocycles. The lowest BCUT2D eigenvalue weighted by atomic mass is 10.2. The van der Waals surface area contributed by atoms with Gasteiger partial charge in [-0.2, -0.15) is 4.98 Å². The Bertz CT molecular complexity index is 970. The van der Waals surface area contributed by atoms with Gasteiger partial charge in [-0.25, -0.2) is 9.37 Å². The number of nitrogens with zero attached hydrogens (tertiary/aromatic N) is 3. The zero-order valence-electron chi connectivity index (χ0n) is 13.1. The maximum absolute atomic E-state index is 13.1. The van der Waals surface area contributed by atoms with E-state index in [1.165, 1.54) is 18.3 Å². The van der Waals surface area contributed by atoms with Gasteiger partial charge in [0.15, 0.2) is 11.5 Å². The number of hydrogen-bond acceptors (Lipinski definition) is 6. The van der Waals surface area contributed by atoms with Crippen molar-refractivity contribution in [2.24, 2.45) is 0 Å². The SMILES string of the molecule is O=C(NCc1ccc(F)cc1Cl)c1nc(-c2ccccn2)nc(O)c1O. The molecular formula is C17H12ClFN4O3. The van der Waals surface area contributed by atoms with Crippen LogP contribution in [0, 0.1) is 5.82 Å². The summed E-state index contributed by atoms with van der Waals surface area (Å²) in [5.74, 6) is -2.79. The molecule has 1 amide bonds. The van der Waals surface area contributed by atoms with E-state index in [0.717, 1.165) is 6.07 Å². The van der Waals surface area contributed by atoms with Crippen molar-refractivity contribution < 1.29 is 19.4 Å². The van der Waals surface area contributed by atoms with Gasteiger partial charge < -0.3 is 15.5 Å². The second kappa shape index (κ2) is 7.32. The highest BCUT2D eigenvalue weighted by molar-refractivity contribution is 6.31. The average Bonchev–Trinajstić information content (AvgIpc) is 2.63. The van der Waals surface area contributed by atoms with Crippen LogP contribution in [0.5, 0.6) is 11.6 Å². The predicted molar refractivity (Wildman–Crippen MR) is 91.2 cm³/mol. The van der Waals surface area contributed by atoms with Crippen molar-refractivity contribution >= 4 is 17.5 Å². The van der Waals surface area contributed by atoms with Crippen molar-refractivity contribution in [3.05, 3.63) is 64.7 Å². The van der Waals surface area contributed by atoms with Crippen LogP contribution in [0.25, 0.3) is 11.5 Å². The summed E-state index contributed by atoms with van der Waals surface area (Å²) in [5.41, 5.74) is 0.374. The number of carbonyl (C=O) groups is 1. The van der Waals surface area contributed by atoms with Crippen LogP contribution in [0.3, 0.4) is 0 Å².